The van der Waals surface area contributed by atoms with Gasteiger partial charge in [-0.2, -0.15) is 5.10 Å². The Balaban J connectivity index is 2.66. The fourth-order valence-corrected chi connectivity index (χ4v) is 2.32. The van der Waals surface area contributed by atoms with E-state index in [4.69, 9.17) is 10.5 Å². The van der Waals surface area contributed by atoms with Crippen molar-refractivity contribution < 1.29 is 4.74 Å². The second-order valence-electron chi connectivity index (χ2n) is 4.78. The molecule has 4 nitrogen and oxygen atoms in total. The lowest BCUT2D eigenvalue weighted by Crippen LogP contribution is -1.98. The molecule has 0 aliphatic rings. The third-order valence-corrected chi connectivity index (χ3v) is 3.28. The number of rotatable bonds is 4. The van der Waals surface area contributed by atoms with Crippen LogP contribution in [0.25, 0.3) is 11.1 Å². The van der Waals surface area contributed by atoms with E-state index in [1.807, 2.05) is 19.2 Å². The van der Waals surface area contributed by atoms with Gasteiger partial charge in [0.05, 0.1) is 18.4 Å². The monoisotopic (exact) mass is 259 g/mol. The van der Waals surface area contributed by atoms with E-state index in [-0.39, 0.29) is 0 Å². The van der Waals surface area contributed by atoms with Gasteiger partial charge in [0.15, 0.2) is 0 Å². The third kappa shape index (κ3) is 2.43. The lowest BCUT2D eigenvalue weighted by atomic mass is 10.00. The maximum absolute atomic E-state index is 6.18. The minimum atomic E-state index is 0.687. The number of anilines is 1. The van der Waals surface area contributed by atoms with E-state index < -0.39 is 0 Å². The summed E-state index contributed by atoms with van der Waals surface area (Å²) in [4.78, 5) is 0. The van der Waals surface area contributed by atoms with Crippen molar-refractivity contribution in [2.45, 2.75) is 26.7 Å². The zero-order valence-corrected chi connectivity index (χ0v) is 12.0. The average molecular weight is 259 g/mol. The van der Waals surface area contributed by atoms with E-state index >= 15 is 0 Å². The van der Waals surface area contributed by atoms with Crippen molar-refractivity contribution in [3.05, 3.63) is 29.5 Å². The number of aromatic nitrogens is 2. The summed E-state index contributed by atoms with van der Waals surface area (Å²) in [6.07, 6.45) is 1.95. The summed E-state index contributed by atoms with van der Waals surface area (Å²) in [6.45, 7) is 4.21. The molecule has 102 valence electrons. The summed E-state index contributed by atoms with van der Waals surface area (Å²) in [5.41, 5.74) is 10.4. The molecule has 1 aromatic heterocycles. The Morgan fingerprint density at radius 3 is 2.74 bits per heavy atom. The molecular formula is C15H21N3O. The molecule has 0 saturated carbocycles. The quantitative estimate of drug-likeness (QED) is 0.918. The van der Waals surface area contributed by atoms with E-state index in [2.05, 4.69) is 25.0 Å². The number of benzene rings is 1. The lowest BCUT2D eigenvalue weighted by Gasteiger charge is -2.10. The van der Waals surface area contributed by atoms with Crippen LogP contribution >= 0.6 is 0 Å². The molecule has 4 heteroatoms. The van der Waals surface area contributed by atoms with Gasteiger partial charge in [-0.15, -0.1) is 0 Å². The Hall–Kier alpha value is -1.97. The maximum Gasteiger partial charge on any atom is 0.129 e. The molecule has 2 rings (SSSR count). The molecular weight excluding hydrogens is 238 g/mol. The Morgan fingerprint density at radius 2 is 2.11 bits per heavy atom. The highest BCUT2D eigenvalue weighted by Gasteiger charge is 2.18. The lowest BCUT2D eigenvalue weighted by molar-refractivity contribution is 0.416. The number of hydrogen-bond donors (Lipinski definition) is 1. The number of aryl methyl sites for hydroxylation is 3. The summed E-state index contributed by atoms with van der Waals surface area (Å²) < 4.78 is 7.20. The first kappa shape index (κ1) is 13.5. The van der Waals surface area contributed by atoms with Crippen molar-refractivity contribution in [3.8, 4) is 16.9 Å². The highest BCUT2D eigenvalue weighted by Crippen LogP contribution is 2.37. The van der Waals surface area contributed by atoms with Crippen LogP contribution in [-0.2, 0) is 13.5 Å². The minimum Gasteiger partial charge on any atom is -0.496 e. The van der Waals surface area contributed by atoms with Gasteiger partial charge < -0.3 is 10.5 Å². The van der Waals surface area contributed by atoms with Crippen LogP contribution < -0.4 is 10.5 Å². The molecule has 1 aromatic carbocycles. The number of methoxy groups -OCH3 is 1. The second-order valence-corrected chi connectivity index (χ2v) is 4.78. The molecule has 2 N–H and O–H groups in total. The van der Waals surface area contributed by atoms with E-state index in [9.17, 15) is 0 Å². The minimum absolute atomic E-state index is 0.687. The predicted molar refractivity (Wildman–Crippen MR) is 78.3 cm³/mol. The van der Waals surface area contributed by atoms with Crippen molar-refractivity contribution in [1.82, 2.24) is 9.78 Å². The van der Waals surface area contributed by atoms with E-state index in [1.54, 1.807) is 11.8 Å². The van der Waals surface area contributed by atoms with Crippen molar-refractivity contribution >= 4 is 5.82 Å². The number of nitrogens with zero attached hydrogens (tertiary/aromatic N) is 2. The normalized spacial score (nSPS) is 10.7. The number of nitrogens with two attached hydrogens (primary N) is 1. The van der Waals surface area contributed by atoms with Gasteiger partial charge in [-0.25, -0.2) is 0 Å². The largest absolute Gasteiger partial charge is 0.496 e. The summed E-state index contributed by atoms with van der Waals surface area (Å²) in [7, 11) is 3.56. The summed E-state index contributed by atoms with van der Waals surface area (Å²) in [5.74, 6) is 1.52. The van der Waals surface area contributed by atoms with Crippen molar-refractivity contribution in [2.75, 3.05) is 12.8 Å². The fraction of sp³-hybridized carbons (Fsp3) is 0.400. The van der Waals surface area contributed by atoms with Gasteiger partial charge in [-0.3, -0.25) is 4.68 Å². The average Bonchev–Trinajstić information content (AvgIpc) is 2.65. The Labute approximate surface area is 114 Å². The third-order valence-electron chi connectivity index (χ3n) is 3.28. The first-order chi connectivity index (χ1) is 9.08. The standard InChI is InChI=1S/C15H21N3O/c1-5-6-12-14(15(16)18(3)17-12)11-9-10(2)7-8-13(11)19-4/h7-9H,5-6,16H2,1-4H3. The highest BCUT2D eigenvalue weighted by molar-refractivity contribution is 5.81. The Bertz CT molecular complexity index is 587. The molecule has 1 heterocycles. The van der Waals surface area contributed by atoms with Crippen LogP contribution in [0.2, 0.25) is 0 Å². The number of hydrogen-bond acceptors (Lipinski definition) is 3. The molecule has 19 heavy (non-hydrogen) atoms. The van der Waals surface area contributed by atoms with Gasteiger partial charge in [0.1, 0.15) is 11.6 Å². The molecule has 0 unspecified atom stereocenters. The van der Waals surface area contributed by atoms with Crippen LogP contribution in [0.4, 0.5) is 5.82 Å². The fourth-order valence-electron chi connectivity index (χ4n) is 2.32. The molecule has 0 atom stereocenters. The van der Waals surface area contributed by atoms with Gasteiger partial charge >= 0.3 is 0 Å². The molecule has 0 saturated heterocycles. The van der Waals surface area contributed by atoms with Gasteiger partial charge in [0.2, 0.25) is 0 Å². The molecule has 0 bridgehead atoms. The van der Waals surface area contributed by atoms with Gasteiger partial charge in [0, 0.05) is 12.6 Å². The van der Waals surface area contributed by atoms with Crippen LogP contribution in [0, 0.1) is 6.92 Å². The molecule has 0 radical (unpaired) electrons. The van der Waals surface area contributed by atoms with Crippen molar-refractivity contribution in [1.29, 1.82) is 0 Å². The van der Waals surface area contributed by atoms with Crippen LogP contribution in [0.5, 0.6) is 5.75 Å². The molecule has 2 aromatic rings. The second kappa shape index (κ2) is 5.34. The Morgan fingerprint density at radius 1 is 1.37 bits per heavy atom. The van der Waals surface area contributed by atoms with Crippen LogP contribution in [-0.4, -0.2) is 16.9 Å². The number of nitrogen functional groups attached to an aromatic ring is 1. The molecule has 0 fully saturated rings. The van der Waals surface area contributed by atoms with E-state index in [0.29, 0.717) is 5.82 Å². The highest BCUT2D eigenvalue weighted by atomic mass is 16.5. The maximum atomic E-state index is 6.18. The first-order valence-electron chi connectivity index (χ1n) is 6.54. The van der Waals surface area contributed by atoms with E-state index in [0.717, 1.165) is 35.4 Å². The number of ether oxygens (including phenoxy) is 1. The molecule has 0 aliphatic carbocycles. The smallest absolute Gasteiger partial charge is 0.129 e. The van der Waals surface area contributed by atoms with Gasteiger partial charge in [-0.1, -0.05) is 25.0 Å². The summed E-state index contributed by atoms with van der Waals surface area (Å²) >= 11 is 0. The molecule has 0 amide bonds. The molecule has 0 aliphatic heterocycles. The first-order valence-corrected chi connectivity index (χ1v) is 6.54. The van der Waals surface area contributed by atoms with E-state index in [1.165, 1.54) is 5.56 Å². The summed E-state index contributed by atoms with van der Waals surface area (Å²) in [5, 5.41) is 4.52. The zero-order chi connectivity index (χ0) is 14.0. The SMILES string of the molecule is CCCc1nn(C)c(N)c1-c1cc(C)ccc1OC. The van der Waals surface area contributed by atoms with Crippen molar-refractivity contribution in [3.63, 3.8) is 0 Å². The topological polar surface area (TPSA) is 53.1 Å². The summed E-state index contributed by atoms with van der Waals surface area (Å²) in [6, 6.07) is 6.12. The van der Waals surface area contributed by atoms with Gasteiger partial charge in [0.25, 0.3) is 0 Å². The Kier molecular flexibility index (Phi) is 3.79. The van der Waals surface area contributed by atoms with Gasteiger partial charge in [-0.05, 0) is 25.5 Å². The zero-order valence-electron chi connectivity index (χ0n) is 12.0. The van der Waals surface area contributed by atoms with Crippen LogP contribution in [0.15, 0.2) is 18.2 Å². The molecule has 0 spiro atoms. The van der Waals surface area contributed by atoms with Crippen LogP contribution in [0.3, 0.4) is 0 Å². The van der Waals surface area contributed by atoms with Crippen LogP contribution in [0.1, 0.15) is 24.6 Å². The predicted octanol–water partition coefficient (Wildman–Crippen LogP) is 2.94. The van der Waals surface area contributed by atoms with Crippen molar-refractivity contribution in [2.24, 2.45) is 7.05 Å².